The van der Waals surface area contributed by atoms with Gasteiger partial charge in [0.25, 0.3) is 0 Å². The fraction of sp³-hybridized carbons (Fsp3) is 0.333. The quantitative estimate of drug-likeness (QED) is 0.716. The van der Waals surface area contributed by atoms with Gasteiger partial charge in [0.05, 0.1) is 6.04 Å². The summed E-state index contributed by atoms with van der Waals surface area (Å²) in [5, 5.41) is 3.83. The van der Waals surface area contributed by atoms with Crippen molar-refractivity contribution in [1.82, 2.24) is 5.32 Å². The summed E-state index contributed by atoms with van der Waals surface area (Å²) in [5.74, 6) is 1.39. The van der Waals surface area contributed by atoms with E-state index in [9.17, 15) is 0 Å². The molecule has 0 radical (unpaired) electrons. The van der Waals surface area contributed by atoms with Gasteiger partial charge in [-0.1, -0.05) is 78.4 Å². The zero-order chi connectivity index (χ0) is 17.1. The number of nitrogens with one attached hydrogen (secondary N) is 1. The van der Waals surface area contributed by atoms with Crippen molar-refractivity contribution in [2.45, 2.75) is 38.1 Å². The summed E-state index contributed by atoms with van der Waals surface area (Å²) in [4.78, 5) is 0. The fourth-order valence-corrected chi connectivity index (χ4v) is 3.68. The highest BCUT2D eigenvalue weighted by molar-refractivity contribution is 5.40. The SMILES string of the molecule is Cc1cccc(C(NCC2CC2)C2=CCC(c3ccccc3)C=C2)c1. The molecule has 2 unspecified atom stereocenters. The molecule has 128 valence electrons. The smallest absolute Gasteiger partial charge is 0.0573 e. The fourth-order valence-electron chi connectivity index (χ4n) is 3.68. The van der Waals surface area contributed by atoms with Crippen molar-refractivity contribution in [1.29, 1.82) is 0 Å². The summed E-state index contributed by atoms with van der Waals surface area (Å²) in [5.41, 5.74) is 5.54. The van der Waals surface area contributed by atoms with Gasteiger partial charge in [-0.3, -0.25) is 0 Å². The third-order valence-corrected chi connectivity index (χ3v) is 5.37. The van der Waals surface area contributed by atoms with Gasteiger partial charge in [-0.2, -0.15) is 0 Å². The molecular weight excluding hydrogens is 302 g/mol. The number of hydrogen-bond donors (Lipinski definition) is 1. The van der Waals surface area contributed by atoms with Crippen LogP contribution in [-0.4, -0.2) is 6.54 Å². The summed E-state index contributed by atoms with van der Waals surface area (Å²) in [6.07, 6.45) is 11.0. The predicted octanol–water partition coefficient (Wildman–Crippen LogP) is 5.71. The molecule has 0 heterocycles. The molecule has 2 aliphatic rings. The van der Waals surface area contributed by atoms with E-state index in [1.54, 1.807) is 0 Å². The maximum Gasteiger partial charge on any atom is 0.0573 e. The second kappa shape index (κ2) is 7.41. The molecule has 25 heavy (non-hydrogen) atoms. The Morgan fingerprint density at radius 1 is 1.04 bits per heavy atom. The van der Waals surface area contributed by atoms with Crippen LogP contribution in [0.1, 0.15) is 47.9 Å². The van der Waals surface area contributed by atoms with Gasteiger partial charge in [-0.15, -0.1) is 0 Å². The third-order valence-electron chi connectivity index (χ3n) is 5.37. The lowest BCUT2D eigenvalue weighted by molar-refractivity contribution is 0.568. The first-order valence-corrected chi connectivity index (χ1v) is 9.53. The zero-order valence-corrected chi connectivity index (χ0v) is 15.0. The van der Waals surface area contributed by atoms with Crippen molar-refractivity contribution in [3.8, 4) is 0 Å². The van der Waals surface area contributed by atoms with E-state index in [-0.39, 0.29) is 0 Å². The molecule has 0 aromatic heterocycles. The lowest BCUT2D eigenvalue weighted by Gasteiger charge is -2.25. The summed E-state index contributed by atoms with van der Waals surface area (Å²) >= 11 is 0. The Morgan fingerprint density at radius 2 is 1.88 bits per heavy atom. The molecule has 0 spiro atoms. The molecule has 2 aliphatic carbocycles. The molecule has 0 amide bonds. The number of hydrogen-bond acceptors (Lipinski definition) is 1. The van der Waals surface area contributed by atoms with E-state index in [2.05, 4.69) is 85.1 Å². The molecule has 4 rings (SSSR count). The predicted molar refractivity (Wildman–Crippen MR) is 106 cm³/mol. The zero-order valence-electron chi connectivity index (χ0n) is 15.0. The molecule has 1 heteroatoms. The minimum atomic E-state index is 0.313. The Labute approximate surface area is 151 Å². The molecular formula is C24H27N. The van der Waals surface area contributed by atoms with E-state index in [4.69, 9.17) is 0 Å². The van der Waals surface area contributed by atoms with Crippen LogP contribution in [0.25, 0.3) is 0 Å². The van der Waals surface area contributed by atoms with Crippen LogP contribution in [0.3, 0.4) is 0 Å². The number of benzene rings is 2. The van der Waals surface area contributed by atoms with Crippen LogP contribution in [0.4, 0.5) is 0 Å². The van der Waals surface area contributed by atoms with Crippen LogP contribution in [0, 0.1) is 12.8 Å². The van der Waals surface area contributed by atoms with Gasteiger partial charge in [-0.05, 0) is 55.3 Å². The normalized spacial score (nSPS) is 21.0. The van der Waals surface area contributed by atoms with E-state index in [1.807, 2.05) is 0 Å². The molecule has 2 aromatic carbocycles. The lowest BCUT2D eigenvalue weighted by Crippen LogP contribution is -2.25. The van der Waals surface area contributed by atoms with Gasteiger partial charge in [0.1, 0.15) is 0 Å². The average molecular weight is 329 g/mol. The number of allylic oxidation sites excluding steroid dienone is 2. The van der Waals surface area contributed by atoms with E-state index in [0.29, 0.717) is 12.0 Å². The Hall–Kier alpha value is -2.12. The highest BCUT2D eigenvalue weighted by atomic mass is 14.9. The lowest BCUT2D eigenvalue weighted by atomic mass is 9.86. The standard InChI is InChI=1S/C24H27N/c1-18-6-5-9-23(16-18)24(25-17-19-10-11-19)22-14-12-21(13-15-22)20-7-3-2-4-8-20/h2-9,12,14-16,19,21,24-25H,10-11,13,17H2,1H3. The van der Waals surface area contributed by atoms with Gasteiger partial charge < -0.3 is 5.32 Å². The topological polar surface area (TPSA) is 12.0 Å². The van der Waals surface area contributed by atoms with Crippen molar-refractivity contribution in [2.75, 3.05) is 6.54 Å². The van der Waals surface area contributed by atoms with Crippen LogP contribution < -0.4 is 5.32 Å². The Bertz CT molecular complexity index is 768. The largest absolute Gasteiger partial charge is 0.306 e. The Morgan fingerprint density at radius 3 is 2.56 bits per heavy atom. The number of rotatable bonds is 6. The number of aryl methyl sites for hydroxylation is 1. The monoisotopic (exact) mass is 329 g/mol. The van der Waals surface area contributed by atoms with Crippen molar-refractivity contribution in [2.24, 2.45) is 5.92 Å². The van der Waals surface area contributed by atoms with Crippen molar-refractivity contribution >= 4 is 0 Å². The van der Waals surface area contributed by atoms with Crippen LogP contribution in [-0.2, 0) is 0 Å². The van der Waals surface area contributed by atoms with Crippen molar-refractivity contribution in [3.63, 3.8) is 0 Å². The summed E-state index contributed by atoms with van der Waals surface area (Å²) < 4.78 is 0. The third kappa shape index (κ3) is 4.11. The van der Waals surface area contributed by atoms with Crippen molar-refractivity contribution in [3.05, 3.63) is 95.1 Å². The molecule has 0 bridgehead atoms. The van der Waals surface area contributed by atoms with E-state index >= 15 is 0 Å². The molecule has 1 nitrogen and oxygen atoms in total. The molecule has 1 saturated carbocycles. The van der Waals surface area contributed by atoms with Gasteiger partial charge in [0, 0.05) is 5.92 Å². The van der Waals surface area contributed by atoms with Crippen LogP contribution in [0.2, 0.25) is 0 Å². The van der Waals surface area contributed by atoms with Crippen LogP contribution in [0.5, 0.6) is 0 Å². The van der Waals surface area contributed by atoms with Gasteiger partial charge in [0.15, 0.2) is 0 Å². The summed E-state index contributed by atoms with van der Waals surface area (Å²) in [6.45, 7) is 3.31. The van der Waals surface area contributed by atoms with Crippen LogP contribution >= 0.6 is 0 Å². The highest BCUT2D eigenvalue weighted by Gasteiger charge is 2.24. The van der Waals surface area contributed by atoms with Gasteiger partial charge in [-0.25, -0.2) is 0 Å². The second-order valence-corrected chi connectivity index (χ2v) is 7.51. The molecule has 0 aliphatic heterocycles. The summed E-state index contributed by atoms with van der Waals surface area (Å²) in [6, 6.07) is 20.1. The summed E-state index contributed by atoms with van der Waals surface area (Å²) in [7, 11) is 0. The van der Waals surface area contributed by atoms with E-state index in [0.717, 1.165) is 18.9 Å². The van der Waals surface area contributed by atoms with Gasteiger partial charge in [0.2, 0.25) is 0 Å². The molecule has 1 fully saturated rings. The maximum atomic E-state index is 3.83. The minimum absolute atomic E-state index is 0.313. The maximum absolute atomic E-state index is 3.83. The van der Waals surface area contributed by atoms with E-state index < -0.39 is 0 Å². The van der Waals surface area contributed by atoms with E-state index in [1.165, 1.54) is 35.1 Å². The Balaban J connectivity index is 1.53. The first-order valence-electron chi connectivity index (χ1n) is 9.53. The first kappa shape index (κ1) is 16.4. The van der Waals surface area contributed by atoms with Crippen molar-refractivity contribution < 1.29 is 0 Å². The highest BCUT2D eigenvalue weighted by Crippen LogP contribution is 2.34. The molecule has 2 atom stereocenters. The second-order valence-electron chi connectivity index (χ2n) is 7.51. The average Bonchev–Trinajstić information content (AvgIpc) is 3.48. The minimum Gasteiger partial charge on any atom is -0.306 e. The molecule has 1 N–H and O–H groups in total. The Kier molecular flexibility index (Phi) is 4.85. The first-order chi connectivity index (χ1) is 12.3. The van der Waals surface area contributed by atoms with Crippen LogP contribution in [0.15, 0.2) is 78.4 Å². The molecule has 0 saturated heterocycles. The van der Waals surface area contributed by atoms with Gasteiger partial charge >= 0.3 is 0 Å². The molecule has 2 aromatic rings.